The SMILES string of the molecule is CN(C(=O)Cc1ccc(Cl)c(Cl)c1)C(CN1CC[C@H](N(C)C)C1)c1ccc(OCCO)cc1. The minimum atomic E-state index is -0.104. The predicted molar refractivity (Wildman–Crippen MR) is 133 cm³/mol. The second-order valence-corrected chi connectivity index (χ2v) is 9.57. The molecule has 2 atom stereocenters. The molecule has 0 bridgehead atoms. The van der Waals surface area contributed by atoms with Gasteiger partial charge in [-0.05, 0) is 62.5 Å². The first kappa shape index (κ1) is 25.8. The van der Waals surface area contributed by atoms with Crippen LogP contribution in [0.25, 0.3) is 0 Å². The van der Waals surface area contributed by atoms with Crippen LogP contribution in [0, 0.1) is 0 Å². The Morgan fingerprint density at radius 1 is 1.15 bits per heavy atom. The molecule has 8 heteroatoms. The fourth-order valence-corrected chi connectivity index (χ4v) is 4.49. The minimum absolute atomic E-state index is 0.0161. The number of carbonyl (C=O) groups is 1. The fraction of sp³-hybridized carbons (Fsp3) is 0.480. The van der Waals surface area contributed by atoms with Crippen molar-refractivity contribution in [1.82, 2.24) is 14.7 Å². The van der Waals surface area contributed by atoms with Crippen molar-refractivity contribution in [3.05, 3.63) is 63.6 Å². The van der Waals surface area contributed by atoms with Crippen molar-refractivity contribution < 1.29 is 14.6 Å². The average molecular weight is 494 g/mol. The van der Waals surface area contributed by atoms with Crippen molar-refractivity contribution in [2.45, 2.75) is 24.9 Å². The van der Waals surface area contributed by atoms with E-state index in [0.717, 1.165) is 37.2 Å². The van der Waals surface area contributed by atoms with Crippen molar-refractivity contribution in [3.63, 3.8) is 0 Å². The molecule has 1 N–H and O–H groups in total. The number of nitrogens with zero attached hydrogens (tertiary/aromatic N) is 3. The topological polar surface area (TPSA) is 56.3 Å². The molecule has 1 fully saturated rings. The Hall–Kier alpha value is -1.83. The Labute approximate surface area is 206 Å². The number of hydrogen-bond donors (Lipinski definition) is 1. The molecule has 0 aliphatic carbocycles. The highest BCUT2D eigenvalue weighted by molar-refractivity contribution is 6.42. The minimum Gasteiger partial charge on any atom is -0.491 e. The molecule has 0 saturated carbocycles. The third-order valence-electron chi connectivity index (χ3n) is 6.23. The lowest BCUT2D eigenvalue weighted by atomic mass is 10.0. The zero-order valence-corrected chi connectivity index (χ0v) is 21.0. The molecule has 1 amide bonds. The van der Waals surface area contributed by atoms with Gasteiger partial charge in [-0.3, -0.25) is 9.69 Å². The maximum Gasteiger partial charge on any atom is 0.227 e. The number of hydrogen-bond acceptors (Lipinski definition) is 5. The van der Waals surface area contributed by atoms with Crippen LogP contribution >= 0.6 is 23.2 Å². The highest BCUT2D eigenvalue weighted by atomic mass is 35.5. The number of carbonyl (C=O) groups excluding carboxylic acids is 1. The summed E-state index contributed by atoms with van der Waals surface area (Å²) in [6.07, 6.45) is 1.37. The monoisotopic (exact) mass is 493 g/mol. The highest BCUT2D eigenvalue weighted by Gasteiger charge is 2.29. The van der Waals surface area contributed by atoms with Crippen LogP contribution in [0.2, 0.25) is 10.0 Å². The second-order valence-electron chi connectivity index (χ2n) is 8.75. The van der Waals surface area contributed by atoms with Crippen molar-refractivity contribution in [1.29, 1.82) is 0 Å². The van der Waals surface area contributed by atoms with Gasteiger partial charge >= 0.3 is 0 Å². The summed E-state index contributed by atoms with van der Waals surface area (Å²) in [5, 5.41) is 9.91. The summed E-state index contributed by atoms with van der Waals surface area (Å²) in [7, 11) is 6.09. The Balaban J connectivity index is 1.77. The van der Waals surface area contributed by atoms with Gasteiger partial charge in [0.2, 0.25) is 5.91 Å². The van der Waals surface area contributed by atoms with Crippen LogP contribution in [-0.4, -0.2) is 85.7 Å². The molecule has 0 aromatic heterocycles. The first-order valence-electron chi connectivity index (χ1n) is 11.2. The van der Waals surface area contributed by atoms with E-state index in [0.29, 0.717) is 21.8 Å². The zero-order valence-electron chi connectivity index (χ0n) is 19.5. The molecule has 0 spiro atoms. The van der Waals surface area contributed by atoms with Crippen LogP contribution < -0.4 is 4.74 Å². The number of likely N-dealkylation sites (tertiary alicyclic amines) is 1. The van der Waals surface area contributed by atoms with Crippen LogP contribution in [0.1, 0.15) is 23.6 Å². The van der Waals surface area contributed by atoms with Crippen molar-refractivity contribution in [3.8, 4) is 5.75 Å². The summed E-state index contributed by atoms with van der Waals surface area (Å²) in [4.78, 5) is 19.8. The quantitative estimate of drug-likeness (QED) is 0.546. The lowest BCUT2D eigenvalue weighted by molar-refractivity contribution is -0.131. The summed E-state index contributed by atoms with van der Waals surface area (Å²) in [6, 6.07) is 13.5. The van der Waals surface area contributed by atoms with E-state index in [4.69, 9.17) is 33.0 Å². The van der Waals surface area contributed by atoms with E-state index >= 15 is 0 Å². The van der Waals surface area contributed by atoms with Crippen LogP contribution in [-0.2, 0) is 11.2 Å². The molecule has 1 heterocycles. The molecule has 6 nitrogen and oxygen atoms in total. The fourth-order valence-electron chi connectivity index (χ4n) is 4.17. The molecular weight excluding hydrogens is 461 g/mol. The summed E-state index contributed by atoms with van der Waals surface area (Å²) in [6.45, 7) is 2.97. The number of aliphatic hydroxyl groups excluding tert-OH is 1. The average Bonchev–Trinajstić information content (AvgIpc) is 3.27. The summed E-state index contributed by atoms with van der Waals surface area (Å²) in [5.74, 6) is 0.715. The van der Waals surface area contributed by atoms with Gasteiger partial charge in [-0.1, -0.05) is 41.4 Å². The number of likely N-dealkylation sites (N-methyl/N-ethyl adjacent to an activating group) is 2. The molecular formula is C25H33Cl2N3O3. The van der Waals surface area contributed by atoms with E-state index < -0.39 is 0 Å². The summed E-state index contributed by atoms with van der Waals surface area (Å²) < 4.78 is 5.50. The normalized spacial score (nSPS) is 17.4. The first-order chi connectivity index (χ1) is 15.8. The van der Waals surface area contributed by atoms with Gasteiger partial charge < -0.3 is 19.6 Å². The number of ether oxygens (including phenoxy) is 1. The van der Waals surface area contributed by atoms with Gasteiger partial charge in [0.05, 0.1) is 29.1 Å². The molecule has 1 unspecified atom stereocenters. The van der Waals surface area contributed by atoms with Gasteiger partial charge in [-0.2, -0.15) is 0 Å². The number of benzene rings is 2. The Bertz CT molecular complexity index is 924. The Morgan fingerprint density at radius 2 is 1.88 bits per heavy atom. The van der Waals surface area contributed by atoms with Crippen LogP contribution in [0.3, 0.4) is 0 Å². The Morgan fingerprint density at radius 3 is 2.48 bits per heavy atom. The van der Waals surface area contributed by atoms with Crippen molar-refractivity contribution in [2.24, 2.45) is 0 Å². The molecule has 1 aliphatic rings. The highest BCUT2D eigenvalue weighted by Crippen LogP contribution is 2.27. The van der Waals surface area contributed by atoms with Gasteiger partial charge in [-0.15, -0.1) is 0 Å². The third kappa shape index (κ3) is 7.08. The van der Waals surface area contributed by atoms with Crippen molar-refractivity contribution >= 4 is 29.1 Å². The molecule has 1 saturated heterocycles. The van der Waals surface area contributed by atoms with Crippen molar-refractivity contribution in [2.75, 3.05) is 54.0 Å². The van der Waals surface area contributed by atoms with Crippen LogP contribution in [0.5, 0.6) is 5.75 Å². The molecule has 2 aromatic rings. The standard InChI is InChI=1S/C25H33Cl2N3O3/c1-28(2)20-10-11-30(16-20)17-24(19-5-7-21(8-6-19)33-13-12-31)29(3)25(32)15-18-4-9-22(26)23(27)14-18/h4-9,14,20,24,31H,10-13,15-17H2,1-3H3/t20-,24?/m0/s1. The third-order valence-corrected chi connectivity index (χ3v) is 6.97. The lowest BCUT2D eigenvalue weighted by Gasteiger charge is -2.32. The van der Waals surface area contributed by atoms with E-state index in [1.165, 1.54) is 0 Å². The number of aliphatic hydroxyl groups is 1. The predicted octanol–water partition coefficient (Wildman–Crippen LogP) is 3.74. The molecule has 180 valence electrons. The summed E-state index contributed by atoms with van der Waals surface area (Å²) >= 11 is 12.2. The van der Waals surface area contributed by atoms with Gasteiger partial charge in [0, 0.05) is 26.2 Å². The molecule has 33 heavy (non-hydrogen) atoms. The maximum absolute atomic E-state index is 13.2. The first-order valence-corrected chi connectivity index (χ1v) is 12.0. The molecule has 0 radical (unpaired) electrons. The van der Waals surface area contributed by atoms with Crippen LogP contribution in [0.15, 0.2) is 42.5 Å². The lowest BCUT2D eigenvalue weighted by Crippen LogP contribution is -2.40. The molecule has 3 rings (SSSR count). The van der Waals surface area contributed by atoms with E-state index in [-0.39, 0.29) is 31.6 Å². The number of amides is 1. The largest absolute Gasteiger partial charge is 0.491 e. The Kier molecular flexibility index (Phi) is 9.41. The number of halogens is 2. The van der Waals surface area contributed by atoms with E-state index in [1.807, 2.05) is 42.3 Å². The maximum atomic E-state index is 13.2. The second kappa shape index (κ2) is 12.0. The smallest absolute Gasteiger partial charge is 0.227 e. The molecule has 2 aromatic carbocycles. The van der Waals surface area contributed by atoms with Gasteiger partial charge in [0.15, 0.2) is 0 Å². The van der Waals surface area contributed by atoms with E-state index in [9.17, 15) is 4.79 Å². The van der Waals surface area contributed by atoms with Gasteiger partial charge in [-0.25, -0.2) is 0 Å². The number of rotatable bonds is 10. The van der Waals surface area contributed by atoms with Gasteiger partial charge in [0.1, 0.15) is 12.4 Å². The van der Waals surface area contributed by atoms with Crippen LogP contribution in [0.4, 0.5) is 0 Å². The molecule has 1 aliphatic heterocycles. The van der Waals surface area contributed by atoms with E-state index in [1.54, 1.807) is 12.1 Å². The van der Waals surface area contributed by atoms with E-state index in [2.05, 4.69) is 23.9 Å². The zero-order chi connectivity index (χ0) is 24.0. The summed E-state index contributed by atoms with van der Waals surface area (Å²) in [5.41, 5.74) is 1.88. The van der Waals surface area contributed by atoms with Gasteiger partial charge in [0.25, 0.3) is 0 Å².